The smallest absolute Gasteiger partial charge is 0.168 e. The Morgan fingerprint density at radius 2 is 1.42 bits per heavy atom. The van der Waals surface area contributed by atoms with E-state index in [9.17, 15) is 4.57 Å². The van der Waals surface area contributed by atoms with Gasteiger partial charge in [-0.3, -0.25) is 0 Å². The molecule has 0 N–H and O–H groups in total. The molecule has 2 aromatic rings. The zero-order valence-corrected chi connectivity index (χ0v) is 15.7. The molecule has 0 fully saturated rings. The van der Waals surface area contributed by atoms with Gasteiger partial charge >= 0.3 is 0 Å². The van der Waals surface area contributed by atoms with Crippen LogP contribution in [-0.4, -0.2) is 0 Å². The van der Waals surface area contributed by atoms with Crippen molar-refractivity contribution in [1.29, 1.82) is 0 Å². The van der Waals surface area contributed by atoms with Crippen LogP contribution >= 0.6 is 7.14 Å². The van der Waals surface area contributed by atoms with E-state index in [1.807, 2.05) is 36.4 Å². The Morgan fingerprint density at radius 1 is 0.792 bits per heavy atom. The lowest BCUT2D eigenvalue weighted by molar-refractivity contribution is 0.589. The zero-order valence-electron chi connectivity index (χ0n) is 14.8. The van der Waals surface area contributed by atoms with E-state index in [2.05, 4.69) is 32.0 Å². The lowest BCUT2D eigenvalue weighted by Crippen LogP contribution is -2.15. The maximum atomic E-state index is 14.4. The first-order valence-corrected chi connectivity index (χ1v) is 10.9. The molecule has 0 saturated carbocycles. The van der Waals surface area contributed by atoms with Crippen molar-refractivity contribution in [2.75, 3.05) is 0 Å². The van der Waals surface area contributed by atoms with Gasteiger partial charge in [0.25, 0.3) is 0 Å². The van der Waals surface area contributed by atoms with Gasteiger partial charge in [-0.05, 0) is 36.8 Å². The quantitative estimate of drug-likeness (QED) is 0.557. The second-order valence-electron chi connectivity index (χ2n) is 6.59. The van der Waals surface area contributed by atoms with E-state index in [0.717, 1.165) is 42.7 Å². The van der Waals surface area contributed by atoms with E-state index in [4.69, 9.17) is 0 Å². The second kappa shape index (κ2) is 7.53. The molecular weight excluding hydrogens is 311 g/mol. The van der Waals surface area contributed by atoms with Crippen LogP contribution in [0.1, 0.15) is 57.9 Å². The standard InChI is InChI=1S/C22H27OP/c1-3-5-14-19-20-15-10-11-17-22(20)24(23,21(19)16-6-4-2)18-12-8-7-9-13-18/h7-13,15,17H,3-6,14,16H2,1-2H3. The highest BCUT2D eigenvalue weighted by Gasteiger charge is 2.40. The Hall–Kier alpha value is -1.59. The fourth-order valence-corrected chi connectivity index (χ4v) is 7.11. The normalized spacial score (nSPS) is 19.6. The van der Waals surface area contributed by atoms with Crippen LogP contribution in [0.3, 0.4) is 0 Å². The molecule has 0 aromatic heterocycles. The molecule has 2 heteroatoms. The largest absolute Gasteiger partial charge is 0.309 e. The predicted molar refractivity (Wildman–Crippen MR) is 106 cm³/mol. The van der Waals surface area contributed by atoms with E-state index in [1.54, 1.807) is 0 Å². The summed E-state index contributed by atoms with van der Waals surface area (Å²) in [7, 11) is -2.67. The Bertz CT molecular complexity index is 774. The van der Waals surface area contributed by atoms with Gasteiger partial charge in [0.15, 0.2) is 7.14 Å². The molecule has 2 aromatic carbocycles. The molecule has 24 heavy (non-hydrogen) atoms. The van der Waals surface area contributed by atoms with Crippen molar-refractivity contribution >= 4 is 23.3 Å². The lowest BCUT2D eigenvalue weighted by Gasteiger charge is -2.19. The van der Waals surface area contributed by atoms with Crippen LogP contribution in [0, 0.1) is 0 Å². The molecule has 0 radical (unpaired) electrons. The fourth-order valence-electron chi connectivity index (χ4n) is 3.71. The van der Waals surface area contributed by atoms with Crippen molar-refractivity contribution in [3.05, 3.63) is 65.5 Å². The van der Waals surface area contributed by atoms with Crippen LogP contribution in [0.4, 0.5) is 0 Å². The minimum absolute atomic E-state index is 0.955. The molecule has 1 atom stereocenters. The second-order valence-corrected chi connectivity index (χ2v) is 9.35. The van der Waals surface area contributed by atoms with Crippen LogP contribution in [0.15, 0.2) is 59.9 Å². The maximum absolute atomic E-state index is 14.4. The van der Waals surface area contributed by atoms with Crippen molar-refractivity contribution in [3.8, 4) is 0 Å². The first-order chi connectivity index (χ1) is 11.7. The molecule has 1 heterocycles. The molecule has 0 saturated heterocycles. The summed E-state index contributed by atoms with van der Waals surface area (Å²) in [6, 6.07) is 18.5. The van der Waals surface area contributed by atoms with Crippen LogP contribution < -0.4 is 10.6 Å². The lowest BCUT2D eigenvalue weighted by atomic mass is 9.98. The number of allylic oxidation sites excluding steroid dienone is 2. The third-order valence-corrected chi connectivity index (χ3v) is 8.31. The van der Waals surface area contributed by atoms with Crippen LogP contribution in [-0.2, 0) is 4.57 Å². The Labute approximate surface area is 146 Å². The molecule has 0 amide bonds. The number of fused-ring (bicyclic) bond motifs is 1. The van der Waals surface area contributed by atoms with Crippen LogP contribution in [0.25, 0.3) is 5.57 Å². The van der Waals surface area contributed by atoms with Gasteiger partial charge in [-0.15, -0.1) is 0 Å². The van der Waals surface area contributed by atoms with E-state index < -0.39 is 7.14 Å². The molecule has 126 valence electrons. The average Bonchev–Trinajstić information content (AvgIpc) is 2.88. The summed E-state index contributed by atoms with van der Waals surface area (Å²) >= 11 is 0. The number of unbranched alkanes of at least 4 members (excludes halogenated alkanes) is 2. The summed E-state index contributed by atoms with van der Waals surface area (Å²) in [6.45, 7) is 4.44. The zero-order chi connectivity index (χ0) is 17.0. The van der Waals surface area contributed by atoms with E-state index >= 15 is 0 Å². The Morgan fingerprint density at radius 3 is 2.12 bits per heavy atom. The number of benzene rings is 2. The van der Waals surface area contributed by atoms with E-state index in [0.29, 0.717) is 0 Å². The molecule has 0 aliphatic carbocycles. The van der Waals surface area contributed by atoms with Crippen molar-refractivity contribution in [1.82, 2.24) is 0 Å². The molecule has 1 nitrogen and oxygen atoms in total. The summed E-state index contributed by atoms with van der Waals surface area (Å²) in [6.07, 6.45) is 6.57. The molecule has 3 rings (SSSR count). The molecule has 1 aliphatic heterocycles. The Balaban J connectivity index is 2.21. The molecule has 1 aliphatic rings. The first-order valence-electron chi connectivity index (χ1n) is 9.21. The highest BCUT2D eigenvalue weighted by Crippen LogP contribution is 2.62. The number of rotatable bonds is 7. The van der Waals surface area contributed by atoms with Crippen molar-refractivity contribution in [2.45, 2.75) is 52.4 Å². The summed E-state index contributed by atoms with van der Waals surface area (Å²) in [5, 5.41) is 3.29. The summed E-state index contributed by atoms with van der Waals surface area (Å²) in [5.41, 5.74) is 2.61. The van der Waals surface area contributed by atoms with Crippen molar-refractivity contribution in [2.24, 2.45) is 0 Å². The predicted octanol–water partition coefficient (Wildman–Crippen LogP) is 6.11. The highest BCUT2D eigenvalue weighted by atomic mass is 31.2. The van der Waals surface area contributed by atoms with Gasteiger partial charge < -0.3 is 4.57 Å². The first kappa shape index (κ1) is 17.2. The molecule has 1 unspecified atom stereocenters. The third-order valence-electron chi connectivity index (χ3n) is 4.96. The molecule has 0 bridgehead atoms. The minimum Gasteiger partial charge on any atom is -0.309 e. The average molecular weight is 338 g/mol. The van der Waals surface area contributed by atoms with E-state index in [-0.39, 0.29) is 0 Å². The van der Waals surface area contributed by atoms with Gasteiger partial charge in [-0.1, -0.05) is 81.3 Å². The Kier molecular flexibility index (Phi) is 5.41. The summed E-state index contributed by atoms with van der Waals surface area (Å²) < 4.78 is 14.4. The van der Waals surface area contributed by atoms with Crippen molar-refractivity contribution < 1.29 is 4.57 Å². The van der Waals surface area contributed by atoms with Gasteiger partial charge in [0, 0.05) is 15.9 Å². The van der Waals surface area contributed by atoms with E-state index in [1.165, 1.54) is 22.9 Å². The van der Waals surface area contributed by atoms with Crippen LogP contribution in [0.5, 0.6) is 0 Å². The van der Waals surface area contributed by atoms with Gasteiger partial charge in [-0.2, -0.15) is 0 Å². The number of hydrogen-bond donors (Lipinski definition) is 0. The SMILES string of the molecule is CCCCC1=C(CCCC)P(=O)(c2ccccc2)c2ccccc21. The monoisotopic (exact) mass is 338 g/mol. The fraction of sp³-hybridized carbons (Fsp3) is 0.364. The molecule has 0 spiro atoms. The topological polar surface area (TPSA) is 17.1 Å². The van der Waals surface area contributed by atoms with Gasteiger partial charge in [0.1, 0.15) is 0 Å². The number of hydrogen-bond acceptors (Lipinski definition) is 1. The highest BCUT2D eigenvalue weighted by molar-refractivity contribution is 7.83. The minimum atomic E-state index is -2.67. The van der Waals surface area contributed by atoms with Gasteiger partial charge in [0.05, 0.1) is 0 Å². The molecular formula is C22H27OP. The van der Waals surface area contributed by atoms with Crippen LogP contribution in [0.2, 0.25) is 0 Å². The summed E-state index contributed by atoms with van der Waals surface area (Å²) in [5.74, 6) is 0. The maximum Gasteiger partial charge on any atom is 0.168 e. The third kappa shape index (κ3) is 2.91. The van der Waals surface area contributed by atoms with Gasteiger partial charge in [0.2, 0.25) is 0 Å². The van der Waals surface area contributed by atoms with Crippen molar-refractivity contribution in [3.63, 3.8) is 0 Å². The summed E-state index contributed by atoms with van der Waals surface area (Å²) in [4.78, 5) is 0. The van der Waals surface area contributed by atoms with Gasteiger partial charge in [-0.25, -0.2) is 0 Å².